The SMILES string of the molecule is Cc1ccc(NC(=O)NCCC(O)c2cccs2)cc1. The molecule has 3 N–H and O–H groups in total. The number of rotatable bonds is 5. The van der Waals surface area contributed by atoms with Crippen LogP contribution in [0.5, 0.6) is 0 Å². The smallest absolute Gasteiger partial charge is 0.319 e. The van der Waals surface area contributed by atoms with Crippen molar-refractivity contribution in [2.45, 2.75) is 19.4 Å². The molecule has 1 atom stereocenters. The minimum absolute atomic E-state index is 0.257. The average molecular weight is 290 g/mol. The fraction of sp³-hybridized carbons (Fsp3) is 0.267. The maximum absolute atomic E-state index is 11.7. The maximum atomic E-state index is 11.7. The van der Waals surface area contributed by atoms with Crippen LogP contribution in [-0.2, 0) is 0 Å². The lowest BCUT2D eigenvalue weighted by molar-refractivity contribution is 0.171. The molecule has 0 radical (unpaired) electrons. The Kier molecular flexibility index (Phi) is 5.15. The van der Waals surface area contributed by atoms with Crippen molar-refractivity contribution in [1.82, 2.24) is 5.32 Å². The Hall–Kier alpha value is -1.85. The van der Waals surface area contributed by atoms with Crippen molar-refractivity contribution in [3.63, 3.8) is 0 Å². The summed E-state index contributed by atoms with van der Waals surface area (Å²) in [7, 11) is 0. The summed E-state index contributed by atoms with van der Waals surface area (Å²) in [5.41, 5.74) is 1.90. The van der Waals surface area contributed by atoms with Gasteiger partial charge in [-0.1, -0.05) is 23.8 Å². The quantitative estimate of drug-likeness (QED) is 0.791. The first-order valence-corrected chi connectivity index (χ1v) is 7.36. The number of aliphatic hydroxyl groups is 1. The Morgan fingerprint density at radius 1 is 1.30 bits per heavy atom. The Labute approximate surface area is 122 Å². The van der Waals surface area contributed by atoms with Crippen molar-refractivity contribution in [3.8, 4) is 0 Å². The number of anilines is 1. The number of benzene rings is 1. The molecule has 106 valence electrons. The van der Waals surface area contributed by atoms with Crippen LogP contribution in [-0.4, -0.2) is 17.7 Å². The van der Waals surface area contributed by atoms with Crippen molar-refractivity contribution in [3.05, 3.63) is 52.2 Å². The highest BCUT2D eigenvalue weighted by molar-refractivity contribution is 7.10. The second kappa shape index (κ2) is 7.07. The second-order valence-corrected chi connectivity index (χ2v) is 5.55. The Balaban J connectivity index is 1.71. The molecular formula is C15H18N2O2S. The molecule has 0 saturated carbocycles. The minimum Gasteiger partial charge on any atom is -0.388 e. The molecule has 1 aromatic heterocycles. The molecule has 0 saturated heterocycles. The number of thiophene rings is 1. The van der Waals surface area contributed by atoms with Crippen molar-refractivity contribution in [1.29, 1.82) is 0 Å². The van der Waals surface area contributed by atoms with E-state index in [9.17, 15) is 9.90 Å². The Bertz CT molecular complexity index is 538. The molecule has 2 amide bonds. The van der Waals surface area contributed by atoms with E-state index >= 15 is 0 Å². The molecule has 2 aromatic rings. The van der Waals surface area contributed by atoms with Gasteiger partial charge < -0.3 is 15.7 Å². The number of urea groups is 1. The van der Waals surface area contributed by atoms with Gasteiger partial charge in [0.1, 0.15) is 0 Å². The molecule has 0 aliphatic carbocycles. The number of carbonyl (C=O) groups excluding carboxylic acids is 1. The van der Waals surface area contributed by atoms with Gasteiger partial charge in [0.05, 0.1) is 6.10 Å². The third-order valence-corrected chi connectivity index (χ3v) is 3.86. The molecule has 1 unspecified atom stereocenters. The van der Waals surface area contributed by atoms with Crippen LogP contribution in [0.4, 0.5) is 10.5 Å². The summed E-state index contributed by atoms with van der Waals surface area (Å²) in [6.07, 6.45) is -0.0170. The zero-order valence-electron chi connectivity index (χ0n) is 11.3. The van der Waals surface area contributed by atoms with Crippen molar-refractivity contribution in [2.75, 3.05) is 11.9 Å². The van der Waals surface area contributed by atoms with Crippen LogP contribution in [0.25, 0.3) is 0 Å². The van der Waals surface area contributed by atoms with E-state index in [0.717, 1.165) is 16.1 Å². The predicted molar refractivity (Wildman–Crippen MR) is 82.1 cm³/mol. The normalized spacial score (nSPS) is 11.9. The molecular weight excluding hydrogens is 272 g/mol. The standard InChI is InChI=1S/C15H18N2O2S/c1-11-4-6-12(7-5-11)17-15(19)16-9-8-13(18)14-3-2-10-20-14/h2-7,10,13,18H,8-9H2,1H3,(H2,16,17,19). The lowest BCUT2D eigenvalue weighted by Gasteiger charge is -2.10. The van der Waals surface area contributed by atoms with Crippen LogP contribution in [0, 0.1) is 6.92 Å². The van der Waals surface area contributed by atoms with Gasteiger partial charge in [0.15, 0.2) is 0 Å². The Morgan fingerprint density at radius 2 is 2.05 bits per heavy atom. The first-order chi connectivity index (χ1) is 9.65. The lowest BCUT2D eigenvalue weighted by atomic mass is 10.2. The molecule has 2 rings (SSSR count). The summed E-state index contributed by atoms with van der Waals surface area (Å²) in [4.78, 5) is 12.6. The molecule has 4 nitrogen and oxygen atoms in total. The van der Waals surface area contributed by atoms with E-state index < -0.39 is 6.10 Å². The van der Waals surface area contributed by atoms with Crippen molar-refractivity contribution in [2.24, 2.45) is 0 Å². The Morgan fingerprint density at radius 3 is 2.70 bits per heavy atom. The number of aliphatic hydroxyl groups excluding tert-OH is 1. The number of hydrogen-bond donors (Lipinski definition) is 3. The van der Waals surface area contributed by atoms with Crippen LogP contribution in [0.1, 0.15) is 23.0 Å². The molecule has 1 aromatic carbocycles. The molecule has 1 heterocycles. The third-order valence-electron chi connectivity index (χ3n) is 2.88. The van der Waals surface area contributed by atoms with Crippen LogP contribution in [0.15, 0.2) is 41.8 Å². The van der Waals surface area contributed by atoms with Gasteiger partial charge in [0.25, 0.3) is 0 Å². The second-order valence-electron chi connectivity index (χ2n) is 4.57. The van der Waals surface area contributed by atoms with Gasteiger partial charge in [-0.25, -0.2) is 4.79 Å². The van der Waals surface area contributed by atoms with Gasteiger partial charge in [0, 0.05) is 17.1 Å². The van der Waals surface area contributed by atoms with Gasteiger partial charge >= 0.3 is 6.03 Å². The van der Waals surface area contributed by atoms with Crippen molar-refractivity contribution >= 4 is 23.1 Å². The molecule has 0 bridgehead atoms. The highest BCUT2D eigenvalue weighted by atomic mass is 32.1. The summed E-state index contributed by atoms with van der Waals surface area (Å²) in [6, 6.07) is 11.1. The third kappa shape index (κ3) is 4.36. The van der Waals surface area contributed by atoms with Crippen LogP contribution < -0.4 is 10.6 Å². The summed E-state index contributed by atoms with van der Waals surface area (Å²) in [5, 5.41) is 17.3. The predicted octanol–water partition coefficient (Wildman–Crippen LogP) is 3.30. The van der Waals surface area contributed by atoms with Crippen molar-refractivity contribution < 1.29 is 9.90 Å². The number of hydrogen-bond acceptors (Lipinski definition) is 3. The fourth-order valence-electron chi connectivity index (χ4n) is 1.76. The summed E-state index contributed by atoms with van der Waals surface area (Å²) in [6.45, 7) is 2.42. The summed E-state index contributed by atoms with van der Waals surface area (Å²) in [5.74, 6) is 0. The van der Waals surface area contributed by atoms with Crippen LogP contribution in [0.3, 0.4) is 0 Å². The van der Waals surface area contributed by atoms with Gasteiger partial charge in [-0.05, 0) is 36.9 Å². The minimum atomic E-state index is -0.519. The highest BCUT2D eigenvalue weighted by Crippen LogP contribution is 2.20. The maximum Gasteiger partial charge on any atom is 0.319 e. The molecule has 0 aliphatic rings. The van der Waals surface area contributed by atoms with E-state index in [1.54, 1.807) is 0 Å². The van der Waals surface area contributed by atoms with Gasteiger partial charge in [-0.2, -0.15) is 0 Å². The number of carbonyl (C=O) groups is 1. The van der Waals surface area contributed by atoms with Crippen LogP contribution >= 0.6 is 11.3 Å². The first-order valence-electron chi connectivity index (χ1n) is 6.48. The van der Waals surface area contributed by atoms with Gasteiger partial charge in [0.2, 0.25) is 0 Å². The molecule has 5 heteroatoms. The molecule has 0 spiro atoms. The summed E-state index contributed by atoms with van der Waals surface area (Å²) >= 11 is 1.52. The van der Waals surface area contributed by atoms with Gasteiger partial charge in [-0.15, -0.1) is 11.3 Å². The zero-order valence-corrected chi connectivity index (χ0v) is 12.1. The van der Waals surface area contributed by atoms with E-state index in [1.807, 2.05) is 48.7 Å². The molecule has 0 fully saturated rings. The van der Waals surface area contributed by atoms with E-state index in [1.165, 1.54) is 11.3 Å². The number of amides is 2. The molecule has 0 aliphatic heterocycles. The summed E-state index contributed by atoms with van der Waals surface area (Å²) < 4.78 is 0. The number of aryl methyl sites for hydroxylation is 1. The number of nitrogens with one attached hydrogen (secondary N) is 2. The highest BCUT2D eigenvalue weighted by Gasteiger charge is 2.09. The van der Waals surface area contributed by atoms with E-state index in [-0.39, 0.29) is 6.03 Å². The average Bonchev–Trinajstić information content (AvgIpc) is 2.95. The lowest BCUT2D eigenvalue weighted by Crippen LogP contribution is -2.30. The fourth-order valence-corrected chi connectivity index (χ4v) is 2.50. The first kappa shape index (κ1) is 14.6. The monoisotopic (exact) mass is 290 g/mol. The van der Waals surface area contributed by atoms with E-state index in [2.05, 4.69) is 10.6 Å². The van der Waals surface area contributed by atoms with Gasteiger partial charge in [-0.3, -0.25) is 0 Å². The van der Waals surface area contributed by atoms with E-state index in [0.29, 0.717) is 13.0 Å². The largest absolute Gasteiger partial charge is 0.388 e. The topological polar surface area (TPSA) is 61.4 Å². The van der Waals surface area contributed by atoms with E-state index in [4.69, 9.17) is 0 Å². The van der Waals surface area contributed by atoms with Crippen LogP contribution in [0.2, 0.25) is 0 Å². The zero-order chi connectivity index (χ0) is 14.4. The molecule has 20 heavy (non-hydrogen) atoms.